The molecular weight excluding hydrogens is 220 g/mol. The van der Waals surface area contributed by atoms with Gasteiger partial charge < -0.3 is 9.84 Å². The average molecular weight is 234 g/mol. The summed E-state index contributed by atoms with van der Waals surface area (Å²) in [6, 6.07) is 0.369. The van der Waals surface area contributed by atoms with E-state index in [4.69, 9.17) is 4.52 Å². The van der Waals surface area contributed by atoms with Crippen molar-refractivity contribution in [3.05, 3.63) is 12.0 Å². The van der Waals surface area contributed by atoms with Crippen LogP contribution >= 0.6 is 0 Å². The SMILES string of the molecule is Cc1noc(-c2cn(C3CCCNC3)nn2)n1. The summed E-state index contributed by atoms with van der Waals surface area (Å²) in [4.78, 5) is 4.13. The van der Waals surface area contributed by atoms with Crippen molar-refractivity contribution >= 4 is 0 Å². The molecule has 2 aromatic heterocycles. The fraction of sp³-hybridized carbons (Fsp3) is 0.600. The molecule has 0 aromatic carbocycles. The highest BCUT2D eigenvalue weighted by Gasteiger charge is 2.18. The van der Waals surface area contributed by atoms with Crippen molar-refractivity contribution in [2.24, 2.45) is 0 Å². The fourth-order valence-electron chi connectivity index (χ4n) is 2.01. The van der Waals surface area contributed by atoms with Gasteiger partial charge in [0.15, 0.2) is 11.5 Å². The average Bonchev–Trinajstić information content (AvgIpc) is 2.98. The number of aromatic nitrogens is 5. The van der Waals surface area contributed by atoms with Crippen LogP contribution in [-0.2, 0) is 0 Å². The normalized spacial score (nSPS) is 20.6. The lowest BCUT2D eigenvalue weighted by atomic mass is 10.1. The van der Waals surface area contributed by atoms with Gasteiger partial charge in [-0.3, -0.25) is 0 Å². The van der Waals surface area contributed by atoms with E-state index in [2.05, 4.69) is 25.8 Å². The Balaban J connectivity index is 1.82. The van der Waals surface area contributed by atoms with Gasteiger partial charge >= 0.3 is 0 Å². The quantitative estimate of drug-likeness (QED) is 0.817. The van der Waals surface area contributed by atoms with Gasteiger partial charge in [-0.15, -0.1) is 5.10 Å². The first-order valence-corrected chi connectivity index (χ1v) is 5.76. The molecule has 0 amide bonds. The molecule has 0 saturated carbocycles. The first-order valence-electron chi connectivity index (χ1n) is 5.76. The van der Waals surface area contributed by atoms with Gasteiger partial charge in [0.2, 0.25) is 0 Å². The summed E-state index contributed by atoms with van der Waals surface area (Å²) in [6.07, 6.45) is 4.16. The van der Waals surface area contributed by atoms with Crippen LogP contribution in [0.1, 0.15) is 24.7 Å². The van der Waals surface area contributed by atoms with Crippen molar-refractivity contribution in [3.63, 3.8) is 0 Å². The molecule has 1 saturated heterocycles. The number of piperidine rings is 1. The van der Waals surface area contributed by atoms with Crippen molar-refractivity contribution < 1.29 is 4.52 Å². The Hall–Kier alpha value is -1.76. The maximum Gasteiger partial charge on any atom is 0.280 e. The lowest BCUT2D eigenvalue weighted by molar-refractivity contribution is 0.341. The topological polar surface area (TPSA) is 81.7 Å². The standard InChI is InChI=1S/C10H14N6O/c1-7-12-10(17-14-7)9-6-16(15-13-9)8-3-2-4-11-5-8/h6,8,11H,2-5H2,1H3. The number of aryl methyl sites for hydroxylation is 1. The summed E-state index contributed by atoms with van der Waals surface area (Å²) < 4.78 is 6.93. The summed E-state index contributed by atoms with van der Waals surface area (Å²) in [7, 11) is 0. The number of hydrogen-bond donors (Lipinski definition) is 1. The zero-order valence-corrected chi connectivity index (χ0v) is 9.63. The minimum absolute atomic E-state index is 0.369. The van der Waals surface area contributed by atoms with Crippen molar-refractivity contribution in [3.8, 4) is 11.6 Å². The van der Waals surface area contributed by atoms with E-state index in [1.807, 2.05) is 10.9 Å². The molecule has 7 heteroatoms. The molecule has 1 atom stereocenters. The molecule has 1 N–H and O–H groups in total. The van der Waals surface area contributed by atoms with Crippen LogP contribution in [0.15, 0.2) is 10.7 Å². The van der Waals surface area contributed by atoms with E-state index in [-0.39, 0.29) is 0 Å². The fourth-order valence-corrected chi connectivity index (χ4v) is 2.01. The largest absolute Gasteiger partial charge is 0.332 e. The van der Waals surface area contributed by atoms with Gasteiger partial charge in [-0.2, -0.15) is 4.98 Å². The molecule has 1 aliphatic rings. The molecule has 17 heavy (non-hydrogen) atoms. The molecule has 2 aromatic rings. The van der Waals surface area contributed by atoms with Crippen molar-refractivity contribution in [1.82, 2.24) is 30.5 Å². The Morgan fingerprint density at radius 2 is 2.47 bits per heavy atom. The van der Waals surface area contributed by atoms with Crippen LogP contribution in [0.4, 0.5) is 0 Å². The molecule has 0 radical (unpaired) electrons. The van der Waals surface area contributed by atoms with Crippen LogP contribution in [0.3, 0.4) is 0 Å². The van der Waals surface area contributed by atoms with Gasteiger partial charge in [0.05, 0.1) is 12.2 Å². The Labute approximate surface area is 98.2 Å². The van der Waals surface area contributed by atoms with Gasteiger partial charge in [0.25, 0.3) is 5.89 Å². The second-order valence-electron chi connectivity index (χ2n) is 4.23. The minimum Gasteiger partial charge on any atom is -0.332 e. The van der Waals surface area contributed by atoms with Gasteiger partial charge in [-0.05, 0) is 26.3 Å². The molecule has 1 fully saturated rings. The summed E-state index contributed by atoms with van der Waals surface area (Å²) in [5, 5.41) is 15.3. The highest BCUT2D eigenvalue weighted by atomic mass is 16.5. The molecular formula is C10H14N6O. The van der Waals surface area contributed by atoms with Crippen molar-refractivity contribution in [1.29, 1.82) is 0 Å². The zero-order chi connectivity index (χ0) is 11.7. The molecule has 0 bridgehead atoms. The van der Waals surface area contributed by atoms with E-state index in [1.54, 1.807) is 6.92 Å². The molecule has 1 aliphatic heterocycles. The molecule has 3 rings (SSSR count). The third kappa shape index (κ3) is 2.05. The Bertz CT molecular complexity index is 498. The van der Waals surface area contributed by atoms with E-state index in [0.29, 0.717) is 23.5 Å². The molecule has 90 valence electrons. The Morgan fingerprint density at radius 1 is 1.53 bits per heavy atom. The second kappa shape index (κ2) is 4.25. The highest BCUT2D eigenvalue weighted by molar-refractivity contribution is 5.43. The highest BCUT2D eigenvalue weighted by Crippen LogP contribution is 2.19. The van der Waals surface area contributed by atoms with Crippen LogP contribution in [0.5, 0.6) is 0 Å². The lowest BCUT2D eigenvalue weighted by Crippen LogP contribution is -2.31. The minimum atomic E-state index is 0.369. The van der Waals surface area contributed by atoms with Crippen LogP contribution in [-0.4, -0.2) is 38.2 Å². The van der Waals surface area contributed by atoms with Crippen LogP contribution < -0.4 is 5.32 Å². The van der Waals surface area contributed by atoms with Crippen molar-refractivity contribution in [2.75, 3.05) is 13.1 Å². The summed E-state index contributed by atoms with van der Waals surface area (Å²) in [6.45, 7) is 3.80. The van der Waals surface area contributed by atoms with E-state index < -0.39 is 0 Å². The second-order valence-corrected chi connectivity index (χ2v) is 4.23. The molecule has 1 unspecified atom stereocenters. The Morgan fingerprint density at radius 3 is 3.18 bits per heavy atom. The third-order valence-corrected chi connectivity index (χ3v) is 2.90. The molecule has 3 heterocycles. The van der Waals surface area contributed by atoms with Gasteiger partial charge in [-0.1, -0.05) is 10.4 Å². The van der Waals surface area contributed by atoms with Gasteiger partial charge in [0.1, 0.15) is 0 Å². The predicted molar refractivity (Wildman–Crippen MR) is 59.2 cm³/mol. The number of rotatable bonds is 2. The summed E-state index contributed by atoms with van der Waals surface area (Å²) >= 11 is 0. The van der Waals surface area contributed by atoms with E-state index in [9.17, 15) is 0 Å². The smallest absolute Gasteiger partial charge is 0.280 e. The van der Waals surface area contributed by atoms with Gasteiger partial charge in [-0.25, -0.2) is 4.68 Å². The van der Waals surface area contributed by atoms with Crippen molar-refractivity contribution in [2.45, 2.75) is 25.8 Å². The number of nitrogens with zero attached hydrogens (tertiary/aromatic N) is 5. The maximum absolute atomic E-state index is 5.06. The van der Waals surface area contributed by atoms with Crippen LogP contribution in [0.2, 0.25) is 0 Å². The van der Waals surface area contributed by atoms with E-state index in [1.165, 1.54) is 6.42 Å². The number of hydrogen-bond acceptors (Lipinski definition) is 6. The van der Waals surface area contributed by atoms with E-state index >= 15 is 0 Å². The van der Waals surface area contributed by atoms with Crippen LogP contribution in [0.25, 0.3) is 11.6 Å². The molecule has 0 spiro atoms. The first kappa shape index (κ1) is 10.4. The molecule has 0 aliphatic carbocycles. The number of nitrogens with one attached hydrogen (secondary N) is 1. The van der Waals surface area contributed by atoms with E-state index in [0.717, 1.165) is 19.5 Å². The summed E-state index contributed by atoms with van der Waals surface area (Å²) in [5.74, 6) is 1.03. The first-order chi connectivity index (χ1) is 8.33. The zero-order valence-electron chi connectivity index (χ0n) is 9.63. The lowest BCUT2D eigenvalue weighted by Gasteiger charge is -2.22. The molecule has 7 nitrogen and oxygen atoms in total. The van der Waals surface area contributed by atoms with Gasteiger partial charge in [0, 0.05) is 6.54 Å². The summed E-state index contributed by atoms with van der Waals surface area (Å²) in [5.41, 5.74) is 0.635. The predicted octanol–water partition coefficient (Wildman–Crippen LogP) is 0.561. The Kier molecular flexibility index (Phi) is 2.60. The maximum atomic E-state index is 5.06. The van der Waals surface area contributed by atoms with Crippen LogP contribution in [0, 0.1) is 6.92 Å². The monoisotopic (exact) mass is 234 g/mol. The third-order valence-electron chi connectivity index (χ3n) is 2.90.